The Hall–Kier alpha value is -1.13. The summed E-state index contributed by atoms with van der Waals surface area (Å²) < 4.78 is 57.9. The van der Waals surface area contributed by atoms with Crippen molar-refractivity contribution in [2.45, 2.75) is 10.4 Å². The van der Waals surface area contributed by atoms with E-state index in [4.69, 9.17) is 10.9 Å². The number of thioether (sulfide) groups is 1. The maximum Gasteiger partial charge on any atom is 0.441 e. The molecular weight excluding hydrogens is 303 g/mol. The molecule has 1 aromatic carbocycles. The summed E-state index contributed by atoms with van der Waals surface area (Å²) in [5.41, 5.74) is 1.73. The van der Waals surface area contributed by atoms with Gasteiger partial charge in [-0.3, -0.25) is 0 Å². The first-order valence-electron chi connectivity index (χ1n) is 4.96. The highest BCUT2D eigenvalue weighted by Crippen LogP contribution is 2.30. The molecule has 0 bridgehead atoms. The van der Waals surface area contributed by atoms with Gasteiger partial charge in [0.1, 0.15) is 0 Å². The van der Waals surface area contributed by atoms with Crippen LogP contribution in [0.25, 0.3) is 0 Å². The second-order valence-corrected chi connectivity index (χ2v) is 6.24. The Bertz CT molecular complexity index is 546. The summed E-state index contributed by atoms with van der Waals surface area (Å²) in [6.07, 6.45) is 0. The number of alkyl halides is 3. The zero-order chi connectivity index (χ0) is 14.7. The van der Waals surface area contributed by atoms with Crippen LogP contribution in [-0.2, 0) is 10.0 Å². The molecule has 5 N–H and O–H groups in total. The van der Waals surface area contributed by atoms with E-state index in [0.29, 0.717) is 0 Å². The second-order valence-electron chi connectivity index (χ2n) is 3.52. The molecular formula is C9H12F3N3O2S2. The minimum Gasteiger partial charge on any atom is -0.397 e. The van der Waals surface area contributed by atoms with Crippen LogP contribution >= 0.6 is 11.8 Å². The Kier molecular flexibility index (Phi) is 4.93. The molecule has 0 aromatic heterocycles. The Balaban J connectivity index is 2.68. The smallest absolute Gasteiger partial charge is 0.397 e. The van der Waals surface area contributed by atoms with Gasteiger partial charge in [-0.15, -0.1) is 0 Å². The Labute approximate surface area is 112 Å². The molecule has 0 radical (unpaired) electrons. The average molecular weight is 315 g/mol. The maximum atomic E-state index is 11.9. The minimum absolute atomic E-state index is 0.0115. The van der Waals surface area contributed by atoms with Crippen molar-refractivity contribution >= 4 is 33.2 Å². The van der Waals surface area contributed by atoms with Crippen LogP contribution in [0, 0.1) is 0 Å². The Morgan fingerprint density at radius 2 is 1.95 bits per heavy atom. The summed E-state index contributed by atoms with van der Waals surface area (Å²) in [6.45, 7) is -0.0115. The van der Waals surface area contributed by atoms with Crippen molar-refractivity contribution in [3.8, 4) is 0 Å². The van der Waals surface area contributed by atoms with Crippen molar-refractivity contribution in [3.63, 3.8) is 0 Å². The zero-order valence-corrected chi connectivity index (χ0v) is 11.2. The fourth-order valence-corrected chi connectivity index (χ4v) is 2.19. The second kappa shape index (κ2) is 5.88. The van der Waals surface area contributed by atoms with Crippen LogP contribution in [-0.4, -0.2) is 26.2 Å². The molecule has 0 unspecified atom stereocenters. The van der Waals surface area contributed by atoms with Crippen LogP contribution in [0.15, 0.2) is 23.1 Å². The molecule has 0 atom stereocenters. The van der Waals surface area contributed by atoms with E-state index in [1.54, 1.807) is 0 Å². The molecule has 1 rings (SSSR count). The van der Waals surface area contributed by atoms with Gasteiger partial charge in [0.25, 0.3) is 0 Å². The zero-order valence-electron chi connectivity index (χ0n) is 9.57. The van der Waals surface area contributed by atoms with Gasteiger partial charge in [-0.05, 0) is 30.0 Å². The lowest BCUT2D eigenvalue weighted by atomic mass is 10.2. The van der Waals surface area contributed by atoms with Gasteiger partial charge in [-0.1, -0.05) is 0 Å². The van der Waals surface area contributed by atoms with Gasteiger partial charge in [-0.25, -0.2) is 13.6 Å². The van der Waals surface area contributed by atoms with E-state index in [1.165, 1.54) is 18.2 Å². The fourth-order valence-electron chi connectivity index (χ4n) is 1.22. The molecule has 10 heteroatoms. The first-order chi connectivity index (χ1) is 8.59. The van der Waals surface area contributed by atoms with E-state index in [0.717, 1.165) is 0 Å². The Morgan fingerprint density at radius 1 is 1.32 bits per heavy atom. The van der Waals surface area contributed by atoms with Gasteiger partial charge in [0, 0.05) is 12.3 Å². The number of nitrogens with one attached hydrogen (secondary N) is 1. The molecule has 0 fully saturated rings. The van der Waals surface area contributed by atoms with Crippen LogP contribution in [0.1, 0.15) is 0 Å². The topological polar surface area (TPSA) is 98.2 Å². The molecule has 0 saturated carbocycles. The predicted octanol–water partition coefficient (Wildman–Crippen LogP) is 1.58. The van der Waals surface area contributed by atoms with Gasteiger partial charge < -0.3 is 11.1 Å². The van der Waals surface area contributed by atoms with Gasteiger partial charge in [0.05, 0.1) is 16.3 Å². The summed E-state index contributed by atoms with van der Waals surface area (Å²) >= 11 is -0.178. The van der Waals surface area contributed by atoms with Gasteiger partial charge in [0.2, 0.25) is 10.0 Å². The number of benzene rings is 1. The molecule has 0 spiro atoms. The van der Waals surface area contributed by atoms with Crippen molar-refractivity contribution < 1.29 is 21.6 Å². The van der Waals surface area contributed by atoms with Crippen LogP contribution < -0.4 is 16.2 Å². The number of primary sulfonamides is 1. The van der Waals surface area contributed by atoms with E-state index in [9.17, 15) is 21.6 Å². The summed E-state index contributed by atoms with van der Waals surface area (Å²) in [7, 11) is -3.88. The number of hydrogen-bond acceptors (Lipinski definition) is 5. The number of nitrogens with two attached hydrogens (primary N) is 2. The Morgan fingerprint density at radius 3 is 2.47 bits per heavy atom. The fraction of sp³-hybridized carbons (Fsp3) is 0.333. The van der Waals surface area contributed by atoms with Gasteiger partial charge >= 0.3 is 5.51 Å². The van der Waals surface area contributed by atoms with Crippen molar-refractivity contribution in [1.82, 2.24) is 0 Å². The van der Waals surface area contributed by atoms with Crippen molar-refractivity contribution in [2.24, 2.45) is 5.14 Å². The molecule has 0 amide bonds. The molecule has 0 aliphatic carbocycles. The molecule has 0 aliphatic rings. The normalized spacial score (nSPS) is 12.4. The van der Waals surface area contributed by atoms with Gasteiger partial charge in [0.15, 0.2) is 0 Å². The van der Waals surface area contributed by atoms with E-state index < -0.39 is 15.5 Å². The van der Waals surface area contributed by atoms with Crippen molar-refractivity contribution in [3.05, 3.63) is 18.2 Å². The lowest BCUT2D eigenvalue weighted by Gasteiger charge is -2.11. The maximum absolute atomic E-state index is 11.9. The number of rotatable bonds is 5. The molecule has 5 nitrogen and oxygen atoms in total. The molecule has 0 heterocycles. The van der Waals surface area contributed by atoms with E-state index >= 15 is 0 Å². The standard InChI is InChI=1S/C9H12F3N3O2S2/c10-9(11,12)18-4-3-15-8-5-6(19(14,16)17)1-2-7(8)13/h1-2,5,15H,3-4,13H2,(H2,14,16,17). The van der Waals surface area contributed by atoms with Crippen LogP contribution in [0.2, 0.25) is 0 Å². The lowest BCUT2D eigenvalue weighted by Crippen LogP contribution is -2.14. The highest BCUT2D eigenvalue weighted by molar-refractivity contribution is 8.00. The largest absolute Gasteiger partial charge is 0.441 e. The molecule has 1 aromatic rings. The first kappa shape index (κ1) is 15.9. The third-order valence-electron chi connectivity index (χ3n) is 2.04. The highest BCUT2D eigenvalue weighted by Gasteiger charge is 2.27. The number of halogens is 3. The SMILES string of the molecule is Nc1ccc(S(N)(=O)=O)cc1NCCSC(F)(F)F. The molecule has 0 aliphatic heterocycles. The van der Waals surface area contributed by atoms with Crippen LogP contribution in [0.4, 0.5) is 24.5 Å². The average Bonchev–Trinajstić information content (AvgIpc) is 2.23. The van der Waals surface area contributed by atoms with E-state index in [2.05, 4.69) is 5.32 Å². The highest BCUT2D eigenvalue weighted by atomic mass is 32.2. The quantitative estimate of drug-likeness (QED) is 0.566. The third kappa shape index (κ3) is 5.57. The number of sulfonamides is 1. The van der Waals surface area contributed by atoms with Crippen LogP contribution in [0.5, 0.6) is 0 Å². The minimum atomic E-state index is -4.30. The molecule has 19 heavy (non-hydrogen) atoms. The summed E-state index contributed by atoms with van der Waals surface area (Å²) in [5, 5.41) is 7.57. The lowest BCUT2D eigenvalue weighted by molar-refractivity contribution is -0.0327. The monoisotopic (exact) mass is 315 g/mol. The third-order valence-corrected chi connectivity index (χ3v) is 3.68. The van der Waals surface area contributed by atoms with Gasteiger partial charge in [-0.2, -0.15) is 13.2 Å². The number of nitrogen functional groups attached to an aromatic ring is 1. The summed E-state index contributed by atoms with van der Waals surface area (Å²) in [5.74, 6) is -0.220. The predicted molar refractivity (Wildman–Crippen MR) is 69.2 cm³/mol. The molecule has 0 saturated heterocycles. The van der Waals surface area contributed by atoms with E-state index in [-0.39, 0.29) is 40.3 Å². The van der Waals surface area contributed by atoms with Crippen LogP contribution in [0.3, 0.4) is 0 Å². The number of anilines is 2. The van der Waals surface area contributed by atoms with E-state index in [1.807, 2.05) is 0 Å². The first-order valence-corrected chi connectivity index (χ1v) is 7.50. The van der Waals surface area contributed by atoms with Crippen molar-refractivity contribution in [1.29, 1.82) is 0 Å². The number of hydrogen-bond donors (Lipinski definition) is 3. The van der Waals surface area contributed by atoms with Crippen molar-refractivity contribution in [2.75, 3.05) is 23.3 Å². The summed E-state index contributed by atoms with van der Waals surface area (Å²) in [6, 6.07) is 3.72. The molecule has 108 valence electrons. The summed E-state index contributed by atoms with van der Waals surface area (Å²) in [4.78, 5) is -0.160.